The Labute approximate surface area is 150 Å². The molecule has 7 heteroatoms. The van der Waals surface area contributed by atoms with Crippen molar-refractivity contribution in [1.82, 2.24) is 14.9 Å². The van der Waals surface area contributed by atoms with Crippen LogP contribution >= 0.6 is 11.6 Å². The molecule has 1 saturated carbocycles. The van der Waals surface area contributed by atoms with Crippen LogP contribution in [0.4, 0.5) is 10.2 Å². The van der Waals surface area contributed by atoms with Gasteiger partial charge in [-0.1, -0.05) is 23.7 Å². The molecule has 1 amide bonds. The Kier molecular flexibility index (Phi) is 4.29. The first kappa shape index (κ1) is 16.3. The maximum absolute atomic E-state index is 13.8. The second-order valence-corrected chi connectivity index (χ2v) is 6.83. The van der Waals surface area contributed by atoms with Crippen LogP contribution in [0.5, 0.6) is 0 Å². The van der Waals surface area contributed by atoms with Crippen LogP contribution in [-0.4, -0.2) is 47.0 Å². The molecule has 5 nitrogen and oxygen atoms in total. The highest BCUT2D eigenvalue weighted by Crippen LogP contribution is 2.39. The molecule has 2 fully saturated rings. The van der Waals surface area contributed by atoms with E-state index in [0.29, 0.717) is 37.3 Å². The highest BCUT2D eigenvalue weighted by atomic mass is 35.5. The number of piperazine rings is 1. The van der Waals surface area contributed by atoms with Gasteiger partial charge in [0, 0.05) is 38.2 Å². The van der Waals surface area contributed by atoms with Gasteiger partial charge < -0.3 is 9.80 Å². The van der Waals surface area contributed by atoms with E-state index in [1.54, 1.807) is 23.1 Å². The van der Waals surface area contributed by atoms with E-state index in [9.17, 15) is 9.18 Å². The maximum Gasteiger partial charge on any atom is 0.256 e. The number of rotatable bonds is 3. The minimum Gasteiger partial charge on any atom is -0.353 e. The molecular weight excluding hydrogens is 343 g/mol. The summed E-state index contributed by atoms with van der Waals surface area (Å²) in [5.41, 5.74) is 0.122. The average molecular weight is 361 g/mol. The van der Waals surface area contributed by atoms with E-state index in [-0.39, 0.29) is 11.5 Å². The number of anilines is 1. The SMILES string of the molecule is O=C(c1ccccc1F)N1CCN(c2cc(Cl)nc(C3CC3)n2)CC1. The zero-order chi connectivity index (χ0) is 17.4. The zero-order valence-electron chi connectivity index (χ0n) is 13.7. The predicted octanol–water partition coefficient (Wildman–Crippen LogP) is 3.11. The lowest BCUT2D eigenvalue weighted by molar-refractivity contribution is 0.0742. The number of hydrogen-bond acceptors (Lipinski definition) is 4. The molecule has 0 atom stereocenters. The van der Waals surface area contributed by atoms with Gasteiger partial charge >= 0.3 is 0 Å². The molecule has 1 aliphatic heterocycles. The molecule has 4 rings (SSSR count). The maximum atomic E-state index is 13.8. The molecule has 1 aromatic carbocycles. The van der Waals surface area contributed by atoms with E-state index in [2.05, 4.69) is 14.9 Å². The number of nitrogens with zero attached hydrogens (tertiary/aromatic N) is 4. The molecule has 2 aliphatic rings. The molecule has 0 spiro atoms. The van der Waals surface area contributed by atoms with Gasteiger partial charge in [-0.2, -0.15) is 0 Å². The van der Waals surface area contributed by atoms with Crippen molar-refractivity contribution in [2.75, 3.05) is 31.1 Å². The first-order chi connectivity index (χ1) is 12.1. The smallest absolute Gasteiger partial charge is 0.256 e. The predicted molar refractivity (Wildman–Crippen MR) is 93.5 cm³/mol. The Bertz CT molecular complexity index is 803. The van der Waals surface area contributed by atoms with E-state index in [1.165, 1.54) is 12.1 Å². The Morgan fingerprint density at radius 3 is 2.52 bits per heavy atom. The van der Waals surface area contributed by atoms with Crippen molar-refractivity contribution in [2.45, 2.75) is 18.8 Å². The third kappa shape index (κ3) is 3.44. The van der Waals surface area contributed by atoms with Crippen molar-refractivity contribution in [1.29, 1.82) is 0 Å². The van der Waals surface area contributed by atoms with Crippen LogP contribution in [0.3, 0.4) is 0 Å². The molecule has 25 heavy (non-hydrogen) atoms. The number of carbonyl (C=O) groups is 1. The summed E-state index contributed by atoms with van der Waals surface area (Å²) in [6.45, 7) is 2.32. The van der Waals surface area contributed by atoms with Crippen LogP contribution in [-0.2, 0) is 0 Å². The minimum atomic E-state index is -0.480. The normalized spacial score (nSPS) is 17.7. The van der Waals surface area contributed by atoms with Crippen molar-refractivity contribution in [3.8, 4) is 0 Å². The van der Waals surface area contributed by atoms with E-state index in [1.807, 2.05) is 0 Å². The van der Waals surface area contributed by atoms with Gasteiger partial charge in [-0.15, -0.1) is 0 Å². The fourth-order valence-electron chi connectivity index (χ4n) is 3.05. The number of carbonyl (C=O) groups excluding carboxylic acids is 1. The Morgan fingerprint density at radius 2 is 1.84 bits per heavy atom. The number of hydrogen-bond donors (Lipinski definition) is 0. The average Bonchev–Trinajstić information content (AvgIpc) is 3.46. The van der Waals surface area contributed by atoms with Crippen molar-refractivity contribution < 1.29 is 9.18 Å². The lowest BCUT2D eigenvalue weighted by Gasteiger charge is -2.35. The van der Waals surface area contributed by atoms with E-state index >= 15 is 0 Å². The zero-order valence-corrected chi connectivity index (χ0v) is 14.4. The molecule has 1 saturated heterocycles. The summed E-state index contributed by atoms with van der Waals surface area (Å²) in [6.07, 6.45) is 2.23. The molecule has 1 aliphatic carbocycles. The third-order valence-electron chi connectivity index (χ3n) is 4.64. The van der Waals surface area contributed by atoms with Gasteiger partial charge in [-0.25, -0.2) is 14.4 Å². The lowest BCUT2D eigenvalue weighted by atomic mass is 10.1. The van der Waals surface area contributed by atoms with Gasteiger partial charge in [0.1, 0.15) is 22.6 Å². The first-order valence-corrected chi connectivity index (χ1v) is 8.83. The minimum absolute atomic E-state index is 0.122. The van der Waals surface area contributed by atoms with E-state index < -0.39 is 5.82 Å². The summed E-state index contributed by atoms with van der Waals surface area (Å²) in [5.74, 6) is 1.30. The van der Waals surface area contributed by atoms with Gasteiger partial charge in [-0.05, 0) is 25.0 Å². The molecule has 1 aromatic heterocycles. The molecule has 0 N–H and O–H groups in total. The highest BCUT2D eigenvalue weighted by Gasteiger charge is 2.29. The second kappa shape index (κ2) is 6.59. The highest BCUT2D eigenvalue weighted by molar-refractivity contribution is 6.29. The van der Waals surface area contributed by atoms with Crippen LogP contribution < -0.4 is 4.90 Å². The molecule has 0 bridgehead atoms. The van der Waals surface area contributed by atoms with Crippen molar-refractivity contribution >= 4 is 23.3 Å². The van der Waals surface area contributed by atoms with Crippen LogP contribution in [0, 0.1) is 5.82 Å². The summed E-state index contributed by atoms with van der Waals surface area (Å²) < 4.78 is 13.8. The van der Waals surface area contributed by atoms with Gasteiger partial charge in [-0.3, -0.25) is 4.79 Å². The molecular formula is C18H18ClFN4O. The summed E-state index contributed by atoms with van der Waals surface area (Å²) in [4.78, 5) is 25.2. The van der Waals surface area contributed by atoms with Crippen molar-refractivity contribution in [3.05, 3.63) is 52.7 Å². The topological polar surface area (TPSA) is 49.3 Å². The van der Waals surface area contributed by atoms with Crippen molar-refractivity contribution in [3.63, 3.8) is 0 Å². The van der Waals surface area contributed by atoms with Gasteiger partial charge in [0.2, 0.25) is 0 Å². The summed E-state index contributed by atoms with van der Waals surface area (Å²) >= 11 is 6.13. The molecule has 130 valence electrons. The Morgan fingerprint density at radius 1 is 1.12 bits per heavy atom. The number of halogens is 2. The fraction of sp³-hybridized carbons (Fsp3) is 0.389. The van der Waals surface area contributed by atoms with E-state index in [0.717, 1.165) is 24.5 Å². The Balaban J connectivity index is 1.45. The van der Waals surface area contributed by atoms with Crippen molar-refractivity contribution in [2.24, 2.45) is 0 Å². The standard InChI is InChI=1S/C18H18ClFN4O/c19-15-11-16(22-17(21-15)12-5-6-12)23-7-9-24(10-8-23)18(25)13-3-1-2-4-14(13)20/h1-4,11-12H,5-10H2. The second-order valence-electron chi connectivity index (χ2n) is 6.44. The fourth-order valence-corrected chi connectivity index (χ4v) is 3.24. The molecule has 2 heterocycles. The summed E-state index contributed by atoms with van der Waals surface area (Å²) in [7, 11) is 0. The van der Waals surface area contributed by atoms with Crippen LogP contribution in [0.2, 0.25) is 5.15 Å². The quantitative estimate of drug-likeness (QED) is 0.789. The Hall–Kier alpha value is -2.21. The third-order valence-corrected chi connectivity index (χ3v) is 4.83. The van der Waals surface area contributed by atoms with Gasteiger partial charge in [0.25, 0.3) is 5.91 Å². The largest absolute Gasteiger partial charge is 0.353 e. The lowest BCUT2D eigenvalue weighted by Crippen LogP contribution is -2.49. The number of benzene rings is 1. The van der Waals surface area contributed by atoms with Gasteiger partial charge in [0.15, 0.2) is 0 Å². The molecule has 2 aromatic rings. The van der Waals surface area contributed by atoms with Crippen LogP contribution in [0.25, 0.3) is 0 Å². The molecule has 0 radical (unpaired) electrons. The van der Waals surface area contributed by atoms with Crippen LogP contribution in [0.1, 0.15) is 34.9 Å². The monoisotopic (exact) mass is 360 g/mol. The number of aromatic nitrogens is 2. The number of amides is 1. The van der Waals surface area contributed by atoms with E-state index in [4.69, 9.17) is 11.6 Å². The van der Waals surface area contributed by atoms with Crippen LogP contribution in [0.15, 0.2) is 30.3 Å². The summed E-state index contributed by atoms with van der Waals surface area (Å²) in [5, 5.41) is 0.455. The van der Waals surface area contributed by atoms with Gasteiger partial charge in [0.05, 0.1) is 5.56 Å². The summed E-state index contributed by atoms with van der Waals surface area (Å²) in [6, 6.07) is 7.86. The first-order valence-electron chi connectivity index (χ1n) is 8.45. The molecule has 0 unspecified atom stereocenters.